The minimum atomic E-state index is 0.634. The van der Waals surface area contributed by atoms with E-state index in [4.69, 9.17) is 0 Å². The molecule has 5 rings (SSSR count). The SMILES string of the molecule is Cc1ccsc1-c1cc2sc3c(c2s1)SC(c1sccc1C)C3. The minimum Gasteiger partial charge on any atom is -0.147 e. The molecule has 23 heavy (non-hydrogen) atoms. The number of fused-ring (bicyclic) bond motifs is 3. The van der Waals surface area contributed by atoms with E-state index < -0.39 is 0 Å². The maximum Gasteiger partial charge on any atom is 0.0596 e. The molecule has 0 saturated heterocycles. The van der Waals surface area contributed by atoms with Gasteiger partial charge in [-0.05, 0) is 53.9 Å². The number of hydrogen-bond acceptors (Lipinski definition) is 5. The molecule has 0 fully saturated rings. The van der Waals surface area contributed by atoms with Crippen molar-refractivity contribution in [1.29, 1.82) is 0 Å². The van der Waals surface area contributed by atoms with Gasteiger partial charge in [-0.25, -0.2) is 0 Å². The third-order valence-corrected chi connectivity index (χ3v) is 10.9. The molecule has 0 aromatic carbocycles. The topological polar surface area (TPSA) is 0 Å². The van der Waals surface area contributed by atoms with E-state index in [1.807, 2.05) is 45.3 Å². The van der Waals surface area contributed by atoms with Crippen LogP contribution in [-0.4, -0.2) is 0 Å². The highest BCUT2D eigenvalue weighted by Gasteiger charge is 2.30. The Kier molecular flexibility index (Phi) is 3.50. The number of aryl methyl sites for hydroxylation is 2. The van der Waals surface area contributed by atoms with Crippen molar-refractivity contribution in [2.75, 3.05) is 0 Å². The summed E-state index contributed by atoms with van der Waals surface area (Å²) in [6.45, 7) is 4.46. The van der Waals surface area contributed by atoms with Crippen LogP contribution in [0, 0.1) is 13.8 Å². The second kappa shape index (κ2) is 5.46. The first-order valence-electron chi connectivity index (χ1n) is 7.51. The maximum atomic E-state index is 2.41. The predicted octanol–water partition coefficient (Wildman–Crippen LogP) is 7.76. The summed E-state index contributed by atoms with van der Waals surface area (Å²) in [5, 5.41) is 5.07. The van der Waals surface area contributed by atoms with E-state index in [2.05, 4.69) is 54.6 Å². The standard InChI is InChI=1S/C18H14S5/c1-9-3-5-19-15(9)11-7-13-17(22-11)18-14(21-13)8-12(23-18)16-10(2)4-6-20-16/h3-7,12H,8H2,1-2H3. The van der Waals surface area contributed by atoms with Crippen LogP contribution < -0.4 is 0 Å². The van der Waals surface area contributed by atoms with Crippen LogP contribution in [0.2, 0.25) is 0 Å². The van der Waals surface area contributed by atoms with Crippen molar-refractivity contribution in [2.24, 2.45) is 0 Å². The molecular formula is C18H14S5. The Labute approximate surface area is 155 Å². The Morgan fingerprint density at radius 3 is 2.57 bits per heavy atom. The highest BCUT2D eigenvalue weighted by molar-refractivity contribution is 8.00. The molecular weight excluding hydrogens is 377 g/mol. The lowest BCUT2D eigenvalue weighted by atomic mass is 10.2. The van der Waals surface area contributed by atoms with Gasteiger partial charge in [0.25, 0.3) is 0 Å². The molecule has 1 unspecified atom stereocenters. The van der Waals surface area contributed by atoms with E-state index in [9.17, 15) is 0 Å². The third kappa shape index (κ3) is 2.29. The van der Waals surface area contributed by atoms with E-state index in [1.54, 1.807) is 14.6 Å². The molecule has 0 bridgehead atoms. The zero-order valence-electron chi connectivity index (χ0n) is 12.7. The number of rotatable bonds is 2. The van der Waals surface area contributed by atoms with Gasteiger partial charge >= 0.3 is 0 Å². The van der Waals surface area contributed by atoms with Gasteiger partial charge in [-0.1, -0.05) is 0 Å². The van der Waals surface area contributed by atoms with Crippen molar-refractivity contribution in [3.05, 3.63) is 49.8 Å². The highest BCUT2D eigenvalue weighted by Crippen LogP contribution is 2.57. The fourth-order valence-corrected chi connectivity index (χ4v) is 9.91. The Morgan fingerprint density at radius 2 is 1.83 bits per heavy atom. The van der Waals surface area contributed by atoms with Gasteiger partial charge in [-0.2, -0.15) is 0 Å². The molecule has 1 aliphatic heterocycles. The van der Waals surface area contributed by atoms with Crippen molar-refractivity contribution in [2.45, 2.75) is 30.4 Å². The Morgan fingerprint density at radius 1 is 1.00 bits per heavy atom. The van der Waals surface area contributed by atoms with Crippen molar-refractivity contribution in [3.63, 3.8) is 0 Å². The molecule has 116 valence electrons. The van der Waals surface area contributed by atoms with Gasteiger partial charge < -0.3 is 0 Å². The number of thioether (sulfide) groups is 1. The van der Waals surface area contributed by atoms with E-state index in [1.165, 1.54) is 36.7 Å². The first-order valence-corrected chi connectivity index (χ1v) is 11.8. The summed E-state index contributed by atoms with van der Waals surface area (Å²) < 4.78 is 3.01. The third-order valence-electron chi connectivity index (χ3n) is 4.30. The molecule has 0 aliphatic carbocycles. The van der Waals surface area contributed by atoms with Crippen molar-refractivity contribution >= 4 is 66.5 Å². The quantitative estimate of drug-likeness (QED) is 0.337. The molecule has 4 aromatic heterocycles. The van der Waals surface area contributed by atoms with E-state index in [0.29, 0.717) is 5.25 Å². The normalized spacial score (nSPS) is 17.2. The molecule has 0 spiro atoms. The van der Waals surface area contributed by atoms with Gasteiger partial charge in [-0.3, -0.25) is 0 Å². The molecule has 4 aromatic rings. The molecule has 0 N–H and O–H groups in total. The fourth-order valence-electron chi connectivity index (χ4n) is 3.12. The van der Waals surface area contributed by atoms with Crippen molar-refractivity contribution < 1.29 is 0 Å². The van der Waals surface area contributed by atoms with Gasteiger partial charge in [0.05, 0.1) is 4.70 Å². The monoisotopic (exact) mass is 390 g/mol. The zero-order chi connectivity index (χ0) is 15.6. The lowest BCUT2D eigenvalue weighted by molar-refractivity contribution is 0.984. The number of hydrogen-bond donors (Lipinski definition) is 0. The van der Waals surface area contributed by atoms with Gasteiger partial charge in [0, 0.05) is 40.8 Å². The van der Waals surface area contributed by atoms with E-state index in [0.717, 1.165) is 0 Å². The summed E-state index contributed by atoms with van der Waals surface area (Å²) in [5.41, 5.74) is 2.86. The summed E-state index contributed by atoms with van der Waals surface area (Å²) in [7, 11) is 0. The highest BCUT2D eigenvalue weighted by atomic mass is 32.2. The Balaban J connectivity index is 1.56. The van der Waals surface area contributed by atoms with Gasteiger partial charge in [0.15, 0.2) is 0 Å². The van der Waals surface area contributed by atoms with Crippen LogP contribution >= 0.6 is 57.1 Å². The zero-order valence-corrected chi connectivity index (χ0v) is 16.8. The predicted molar refractivity (Wildman–Crippen MR) is 109 cm³/mol. The first kappa shape index (κ1) is 14.7. The summed E-state index contributed by atoms with van der Waals surface area (Å²) in [5.74, 6) is 0. The van der Waals surface area contributed by atoms with Crippen LogP contribution in [0.4, 0.5) is 0 Å². The Hall–Kier alpha value is -0.590. The van der Waals surface area contributed by atoms with Gasteiger partial charge in [0.1, 0.15) is 0 Å². The van der Waals surface area contributed by atoms with Crippen LogP contribution in [-0.2, 0) is 6.42 Å². The molecule has 1 aliphatic rings. The largest absolute Gasteiger partial charge is 0.147 e. The summed E-state index contributed by atoms with van der Waals surface area (Å²) in [6, 6.07) is 6.89. The molecule has 0 radical (unpaired) electrons. The van der Waals surface area contributed by atoms with Crippen LogP contribution in [0.1, 0.15) is 26.1 Å². The smallest absolute Gasteiger partial charge is 0.0596 e. The molecule has 0 nitrogen and oxygen atoms in total. The molecule has 5 heteroatoms. The van der Waals surface area contributed by atoms with Gasteiger partial charge in [-0.15, -0.1) is 57.1 Å². The summed E-state index contributed by atoms with van der Waals surface area (Å²) in [6.07, 6.45) is 1.21. The average molecular weight is 391 g/mol. The van der Waals surface area contributed by atoms with Crippen molar-refractivity contribution in [1.82, 2.24) is 0 Å². The summed E-state index contributed by atoms with van der Waals surface area (Å²) >= 11 is 9.88. The second-order valence-corrected chi connectivity index (χ2v) is 11.1. The molecule has 5 heterocycles. The van der Waals surface area contributed by atoms with E-state index >= 15 is 0 Å². The van der Waals surface area contributed by atoms with Crippen LogP contribution in [0.3, 0.4) is 0 Å². The maximum absolute atomic E-state index is 2.41. The molecule has 1 atom stereocenters. The van der Waals surface area contributed by atoms with Crippen LogP contribution in [0.15, 0.2) is 33.9 Å². The second-order valence-electron chi connectivity index (χ2n) is 5.87. The number of thiophene rings is 4. The summed E-state index contributed by atoms with van der Waals surface area (Å²) in [4.78, 5) is 7.62. The van der Waals surface area contributed by atoms with E-state index in [-0.39, 0.29) is 0 Å². The lowest BCUT2D eigenvalue weighted by Crippen LogP contribution is -1.89. The van der Waals surface area contributed by atoms with Gasteiger partial charge in [0.2, 0.25) is 0 Å². The van der Waals surface area contributed by atoms with Crippen LogP contribution in [0.5, 0.6) is 0 Å². The average Bonchev–Trinajstić information content (AvgIpc) is 3.25. The van der Waals surface area contributed by atoms with Crippen LogP contribution in [0.25, 0.3) is 19.2 Å². The molecule has 0 saturated carbocycles. The van der Waals surface area contributed by atoms with Crippen molar-refractivity contribution in [3.8, 4) is 9.75 Å². The molecule has 0 amide bonds. The Bertz CT molecular complexity index is 1010. The minimum absolute atomic E-state index is 0.634. The fraction of sp³-hybridized carbons (Fsp3) is 0.222. The lowest BCUT2D eigenvalue weighted by Gasteiger charge is -2.07. The first-order chi connectivity index (χ1) is 11.2.